The molecule has 0 aliphatic rings. The maximum absolute atomic E-state index is 11.9. The number of carbonyl (C=O) groups excluding carboxylic acids is 1. The Morgan fingerprint density at radius 1 is 1.14 bits per heavy atom. The highest BCUT2D eigenvalue weighted by Crippen LogP contribution is 2.20. The number of amides is 1. The molecule has 3 rings (SSSR count). The minimum Gasteiger partial charge on any atom is -0.347 e. The first-order chi connectivity index (χ1) is 10.3. The molecule has 0 bridgehead atoms. The van der Waals surface area contributed by atoms with Gasteiger partial charge >= 0.3 is 0 Å². The fourth-order valence-corrected chi connectivity index (χ4v) is 2.57. The van der Waals surface area contributed by atoms with Crippen molar-refractivity contribution in [3.05, 3.63) is 70.8 Å². The van der Waals surface area contributed by atoms with E-state index in [9.17, 15) is 4.79 Å². The monoisotopic (exact) mass is 295 g/mol. The number of nitrogens with zero attached hydrogens (tertiary/aromatic N) is 2. The van der Waals surface area contributed by atoms with Gasteiger partial charge in [0.05, 0.1) is 5.69 Å². The van der Waals surface area contributed by atoms with Crippen LogP contribution >= 0.6 is 11.3 Å². The standard InChI is InChI=1S/C16H13N3OS/c20-16(14-3-1-2-6-17-14)19-10-12-4-7-18-15(9-12)13-5-8-21-11-13/h1-9,11H,10H2,(H,19,20). The van der Waals surface area contributed by atoms with E-state index in [-0.39, 0.29) is 5.91 Å². The van der Waals surface area contributed by atoms with Crippen molar-refractivity contribution in [3.63, 3.8) is 0 Å². The first-order valence-electron chi connectivity index (χ1n) is 6.49. The summed E-state index contributed by atoms with van der Waals surface area (Å²) in [5, 5.41) is 6.94. The molecule has 3 heterocycles. The normalized spacial score (nSPS) is 10.3. The molecule has 0 radical (unpaired) electrons. The van der Waals surface area contributed by atoms with Gasteiger partial charge in [0.2, 0.25) is 0 Å². The van der Waals surface area contributed by atoms with Crippen molar-refractivity contribution < 1.29 is 4.79 Å². The Hall–Kier alpha value is -2.53. The van der Waals surface area contributed by atoms with Gasteiger partial charge in [-0.3, -0.25) is 14.8 Å². The first-order valence-corrected chi connectivity index (χ1v) is 7.44. The second kappa shape index (κ2) is 6.28. The number of hydrogen-bond acceptors (Lipinski definition) is 4. The lowest BCUT2D eigenvalue weighted by molar-refractivity contribution is 0.0946. The van der Waals surface area contributed by atoms with Gasteiger partial charge < -0.3 is 5.32 Å². The van der Waals surface area contributed by atoms with Gasteiger partial charge in [0.1, 0.15) is 5.69 Å². The van der Waals surface area contributed by atoms with E-state index in [1.54, 1.807) is 41.9 Å². The summed E-state index contributed by atoms with van der Waals surface area (Å²) < 4.78 is 0. The molecule has 3 aromatic heterocycles. The molecule has 104 valence electrons. The highest BCUT2D eigenvalue weighted by Gasteiger charge is 2.06. The zero-order chi connectivity index (χ0) is 14.5. The van der Waals surface area contributed by atoms with Crippen molar-refractivity contribution in [2.24, 2.45) is 0 Å². The second-order valence-electron chi connectivity index (χ2n) is 4.46. The van der Waals surface area contributed by atoms with Gasteiger partial charge in [0, 0.05) is 29.9 Å². The minimum absolute atomic E-state index is 0.176. The number of carbonyl (C=O) groups is 1. The molecule has 4 nitrogen and oxygen atoms in total. The molecule has 0 aliphatic heterocycles. The van der Waals surface area contributed by atoms with Crippen molar-refractivity contribution in [1.82, 2.24) is 15.3 Å². The van der Waals surface area contributed by atoms with Gasteiger partial charge in [0.25, 0.3) is 5.91 Å². The van der Waals surface area contributed by atoms with Crippen molar-refractivity contribution >= 4 is 17.2 Å². The predicted octanol–water partition coefficient (Wildman–Crippen LogP) is 3.14. The average molecular weight is 295 g/mol. The Morgan fingerprint density at radius 2 is 2.10 bits per heavy atom. The molecule has 0 saturated heterocycles. The van der Waals surface area contributed by atoms with Crippen LogP contribution in [0.3, 0.4) is 0 Å². The van der Waals surface area contributed by atoms with E-state index in [1.807, 2.05) is 23.6 Å². The van der Waals surface area contributed by atoms with Crippen LogP contribution in [-0.4, -0.2) is 15.9 Å². The van der Waals surface area contributed by atoms with Crippen LogP contribution in [0, 0.1) is 0 Å². The molecule has 0 aromatic carbocycles. The average Bonchev–Trinajstić information content (AvgIpc) is 3.08. The molecule has 0 fully saturated rings. The van der Waals surface area contributed by atoms with Gasteiger partial charge in [-0.05, 0) is 41.3 Å². The van der Waals surface area contributed by atoms with Crippen LogP contribution in [0.5, 0.6) is 0 Å². The van der Waals surface area contributed by atoms with Crippen LogP contribution < -0.4 is 5.32 Å². The number of thiophene rings is 1. The van der Waals surface area contributed by atoms with E-state index >= 15 is 0 Å². The molecule has 3 aromatic rings. The highest BCUT2D eigenvalue weighted by molar-refractivity contribution is 7.08. The van der Waals surface area contributed by atoms with E-state index < -0.39 is 0 Å². The van der Waals surface area contributed by atoms with Gasteiger partial charge in [-0.1, -0.05) is 6.07 Å². The zero-order valence-electron chi connectivity index (χ0n) is 11.2. The largest absolute Gasteiger partial charge is 0.347 e. The van der Waals surface area contributed by atoms with Crippen molar-refractivity contribution in [3.8, 4) is 11.3 Å². The molecule has 0 saturated carbocycles. The summed E-state index contributed by atoms with van der Waals surface area (Å²) >= 11 is 1.64. The highest BCUT2D eigenvalue weighted by atomic mass is 32.1. The van der Waals surface area contributed by atoms with E-state index in [0.717, 1.165) is 16.8 Å². The predicted molar refractivity (Wildman–Crippen MR) is 83.0 cm³/mol. The third-order valence-corrected chi connectivity index (χ3v) is 3.68. The minimum atomic E-state index is -0.176. The summed E-state index contributed by atoms with van der Waals surface area (Å²) in [5.41, 5.74) is 3.44. The molecule has 0 aliphatic carbocycles. The Bertz CT molecular complexity index is 726. The zero-order valence-corrected chi connectivity index (χ0v) is 12.0. The summed E-state index contributed by atoms with van der Waals surface area (Å²) in [6.45, 7) is 0.453. The van der Waals surface area contributed by atoms with Crippen LogP contribution in [0.25, 0.3) is 11.3 Å². The van der Waals surface area contributed by atoms with Crippen molar-refractivity contribution in [2.75, 3.05) is 0 Å². The number of rotatable bonds is 4. The van der Waals surface area contributed by atoms with Gasteiger partial charge in [-0.25, -0.2) is 0 Å². The van der Waals surface area contributed by atoms with E-state index in [4.69, 9.17) is 0 Å². The summed E-state index contributed by atoms with van der Waals surface area (Å²) in [6.07, 6.45) is 3.37. The Balaban J connectivity index is 1.69. The van der Waals surface area contributed by atoms with Crippen molar-refractivity contribution in [2.45, 2.75) is 6.54 Å². The fourth-order valence-electron chi connectivity index (χ4n) is 1.92. The summed E-state index contributed by atoms with van der Waals surface area (Å²) in [6, 6.07) is 11.2. The number of hydrogen-bond donors (Lipinski definition) is 1. The Labute approximate surface area is 126 Å². The SMILES string of the molecule is O=C(NCc1ccnc(-c2ccsc2)c1)c1ccccn1. The molecular weight excluding hydrogens is 282 g/mol. The molecule has 1 amide bonds. The lowest BCUT2D eigenvalue weighted by Gasteiger charge is -2.06. The number of nitrogens with one attached hydrogen (secondary N) is 1. The smallest absolute Gasteiger partial charge is 0.270 e. The second-order valence-corrected chi connectivity index (χ2v) is 5.24. The lowest BCUT2D eigenvalue weighted by atomic mass is 10.1. The van der Waals surface area contributed by atoms with Gasteiger partial charge in [0.15, 0.2) is 0 Å². The van der Waals surface area contributed by atoms with Crippen LogP contribution in [0.4, 0.5) is 0 Å². The third-order valence-electron chi connectivity index (χ3n) is 2.99. The summed E-state index contributed by atoms with van der Waals surface area (Å²) in [5.74, 6) is -0.176. The Morgan fingerprint density at radius 3 is 2.86 bits per heavy atom. The Kier molecular flexibility index (Phi) is 4.02. The number of aromatic nitrogens is 2. The molecule has 21 heavy (non-hydrogen) atoms. The van der Waals surface area contributed by atoms with Crippen LogP contribution in [0.1, 0.15) is 16.1 Å². The lowest BCUT2D eigenvalue weighted by Crippen LogP contribution is -2.23. The summed E-state index contributed by atoms with van der Waals surface area (Å²) in [4.78, 5) is 20.3. The molecular formula is C16H13N3OS. The van der Waals surface area contributed by atoms with Crippen LogP contribution in [0.2, 0.25) is 0 Å². The van der Waals surface area contributed by atoms with E-state index in [0.29, 0.717) is 12.2 Å². The topological polar surface area (TPSA) is 54.9 Å². The van der Waals surface area contributed by atoms with Crippen molar-refractivity contribution in [1.29, 1.82) is 0 Å². The molecule has 0 spiro atoms. The first kappa shape index (κ1) is 13.5. The van der Waals surface area contributed by atoms with E-state index in [1.165, 1.54) is 0 Å². The molecule has 1 N–H and O–H groups in total. The van der Waals surface area contributed by atoms with Crippen LogP contribution in [0.15, 0.2) is 59.6 Å². The number of pyridine rings is 2. The molecule has 5 heteroatoms. The maximum atomic E-state index is 11.9. The van der Waals surface area contributed by atoms with E-state index in [2.05, 4.69) is 20.7 Å². The van der Waals surface area contributed by atoms with Crippen LogP contribution in [-0.2, 0) is 6.54 Å². The third kappa shape index (κ3) is 3.32. The summed E-state index contributed by atoms with van der Waals surface area (Å²) in [7, 11) is 0. The van der Waals surface area contributed by atoms with Gasteiger partial charge in [-0.2, -0.15) is 11.3 Å². The maximum Gasteiger partial charge on any atom is 0.270 e. The quantitative estimate of drug-likeness (QED) is 0.804. The molecule has 0 unspecified atom stereocenters. The molecule has 0 atom stereocenters. The fraction of sp³-hybridized carbons (Fsp3) is 0.0625. The van der Waals surface area contributed by atoms with Gasteiger partial charge in [-0.15, -0.1) is 0 Å².